The molecule has 154 valence electrons. The Bertz CT molecular complexity index is 993. The number of benzene rings is 1. The van der Waals surface area contributed by atoms with Gasteiger partial charge in [0.1, 0.15) is 11.5 Å². The van der Waals surface area contributed by atoms with Gasteiger partial charge >= 0.3 is 5.69 Å². The van der Waals surface area contributed by atoms with Crippen LogP contribution in [0.4, 0.5) is 11.5 Å². The zero-order valence-electron chi connectivity index (χ0n) is 16.6. The zero-order chi connectivity index (χ0) is 20.5. The van der Waals surface area contributed by atoms with Crippen LogP contribution in [0, 0.1) is 11.8 Å². The van der Waals surface area contributed by atoms with Crippen LogP contribution >= 0.6 is 0 Å². The zero-order valence-corrected chi connectivity index (χ0v) is 16.6. The third kappa shape index (κ3) is 4.36. The molecule has 4 rings (SSSR count). The minimum absolute atomic E-state index is 0.00671. The van der Waals surface area contributed by atoms with Crippen molar-refractivity contribution in [3.05, 3.63) is 56.7 Å². The molecule has 2 saturated carbocycles. The van der Waals surface area contributed by atoms with Crippen LogP contribution < -0.4 is 27.2 Å². The van der Waals surface area contributed by atoms with E-state index >= 15 is 0 Å². The molecule has 1 heterocycles. The number of hydrogen-bond donors (Lipinski definition) is 3. The van der Waals surface area contributed by atoms with Gasteiger partial charge < -0.3 is 16.0 Å². The molecular formula is C21H27N5O3. The van der Waals surface area contributed by atoms with Crippen molar-refractivity contribution in [3.63, 3.8) is 0 Å². The summed E-state index contributed by atoms with van der Waals surface area (Å²) in [6, 6.07) is 9.63. The third-order valence-electron chi connectivity index (χ3n) is 5.75. The molecule has 2 fully saturated rings. The summed E-state index contributed by atoms with van der Waals surface area (Å²) >= 11 is 0. The minimum atomic E-state index is -0.590. The van der Waals surface area contributed by atoms with E-state index in [1.165, 1.54) is 35.2 Å². The Hall–Kier alpha value is -3.03. The van der Waals surface area contributed by atoms with Gasteiger partial charge in [-0.05, 0) is 43.1 Å². The number of nitrogen functional groups attached to an aromatic ring is 1. The SMILES string of the molecule is CN(CC(=O)NC(C1CC1)C1CC1)c1c(N)n(Cc2ccccc2)c(=O)[nH]c1=O. The highest BCUT2D eigenvalue weighted by molar-refractivity contribution is 5.82. The standard InChI is InChI=1S/C21H27N5O3/c1-25(12-16(27)23-17(14-7-8-14)15-9-10-15)18-19(22)26(21(29)24-20(18)28)11-13-5-3-2-4-6-13/h2-6,14-15,17H,7-12,22H2,1H3,(H,23,27)(H,24,28,29). The number of aromatic amines is 1. The number of amides is 1. The van der Waals surface area contributed by atoms with Gasteiger partial charge in [0.05, 0.1) is 13.1 Å². The van der Waals surface area contributed by atoms with Crippen LogP contribution in [0.5, 0.6) is 0 Å². The van der Waals surface area contributed by atoms with Gasteiger partial charge in [-0.2, -0.15) is 0 Å². The van der Waals surface area contributed by atoms with Crippen LogP contribution in [0.1, 0.15) is 31.2 Å². The van der Waals surface area contributed by atoms with Gasteiger partial charge in [0, 0.05) is 13.1 Å². The van der Waals surface area contributed by atoms with Crippen molar-refractivity contribution >= 4 is 17.4 Å². The average Bonchev–Trinajstić information content (AvgIpc) is 3.57. The predicted octanol–water partition coefficient (Wildman–Crippen LogP) is 0.908. The fourth-order valence-electron chi connectivity index (χ4n) is 3.93. The third-order valence-corrected chi connectivity index (χ3v) is 5.75. The number of carbonyl (C=O) groups is 1. The predicted molar refractivity (Wildman–Crippen MR) is 112 cm³/mol. The van der Waals surface area contributed by atoms with Crippen LogP contribution in [0.3, 0.4) is 0 Å². The minimum Gasteiger partial charge on any atom is -0.383 e. The van der Waals surface area contributed by atoms with E-state index in [-0.39, 0.29) is 36.5 Å². The lowest BCUT2D eigenvalue weighted by molar-refractivity contribution is -0.120. The molecule has 0 radical (unpaired) electrons. The van der Waals surface area contributed by atoms with Crippen molar-refractivity contribution in [2.45, 2.75) is 38.3 Å². The molecule has 0 bridgehead atoms. The molecule has 4 N–H and O–H groups in total. The first-order chi connectivity index (χ1) is 13.9. The van der Waals surface area contributed by atoms with Crippen LogP contribution in [-0.2, 0) is 11.3 Å². The Balaban J connectivity index is 1.52. The lowest BCUT2D eigenvalue weighted by atomic mass is 10.1. The van der Waals surface area contributed by atoms with Crippen LogP contribution in [0.2, 0.25) is 0 Å². The molecule has 8 nitrogen and oxygen atoms in total. The van der Waals surface area contributed by atoms with Crippen molar-refractivity contribution in [2.75, 3.05) is 24.2 Å². The highest BCUT2D eigenvalue weighted by Crippen LogP contribution is 2.44. The Kier molecular flexibility index (Phi) is 5.17. The highest BCUT2D eigenvalue weighted by atomic mass is 16.2. The fraction of sp³-hybridized carbons (Fsp3) is 0.476. The number of nitrogens with one attached hydrogen (secondary N) is 2. The lowest BCUT2D eigenvalue weighted by Gasteiger charge is -2.23. The second kappa shape index (κ2) is 7.77. The Morgan fingerprint density at radius 1 is 1.21 bits per heavy atom. The molecule has 0 aliphatic heterocycles. The van der Waals surface area contributed by atoms with Crippen molar-refractivity contribution < 1.29 is 4.79 Å². The molecule has 2 aromatic rings. The number of hydrogen-bond acceptors (Lipinski definition) is 5. The van der Waals surface area contributed by atoms with E-state index in [0.29, 0.717) is 11.8 Å². The number of nitrogens with two attached hydrogens (primary N) is 1. The number of anilines is 2. The summed E-state index contributed by atoms with van der Waals surface area (Å²) in [6.45, 7) is 0.244. The maximum absolute atomic E-state index is 12.6. The Morgan fingerprint density at radius 2 is 1.83 bits per heavy atom. The van der Waals surface area contributed by atoms with Crippen LogP contribution in [0.25, 0.3) is 0 Å². The Labute approximate surface area is 168 Å². The van der Waals surface area contributed by atoms with Crippen LogP contribution in [0.15, 0.2) is 39.9 Å². The first-order valence-electron chi connectivity index (χ1n) is 10.1. The fourth-order valence-corrected chi connectivity index (χ4v) is 3.93. The number of H-pyrrole nitrogens is 1. The first-order valence-corrected chi connectivity index (χ1v) is 10.1. The summed E-state index contributed by atoms with van der Waals surface area (Å²) < 4.78 is 1.32. The van der Waals surface area contributed by atoms with Gasteiger partial charge in [-0.25, -0.2) is 4.79 Å². The first kappa shape index (κ1) is 19.3. The maximum atomic E-state index is 12.6. The lowest BCUT2D eigenvalue weighted by Crippen LogP contribution is -2.45. The van der Waals surface area contributed by atoms with E-state index in [2.05, 4.69) is 10.3 Å². The van der Waals surface area contributed by atoms with Gasteiger partial charge in [0.15, 0.2) is 0 Å². The molecule has 2 aliphatic carbocycles. The largest absolute Gasteiger partial charge is 0.383 e. The van der Waals surface area contributed by atoms with Gasteiger partial charge in [0.25, 0.3) is 5.56 Å². The molecule has 0 atom stereocenters. The second-order valence-electron chi connectivity index (χ2n) is 8.19. The number of carbonyl (C=O) groups excluding carboxylic acids is 1. The summed E-state index contributed by atoms with van der Waals surface area (Å²) in [6.07, 6.45) is 4.70. The second-order valence-corrected chi connectivity index (χ2v) is 8.19. The normalized spacial score (nSPS) is 16.1. The van der Waals surface area contributed by atoms with E-state index in [1.54, 1.807) is 7.05 Å². The summed E-state index contributed by atoms with van der Waals surface area (Å²) in [7, 11) is 1.64. The van der Waals surface area contributed by atoms with Gasteiger partial charge in [0.2, 0.25) is 5.91 Å². The van der Waals surface area contributed by atoms with Gasteiger partial charge in [-0.3, -0.25) is 19.1 Å². The molecule has 29 heavy (non-hydrogen) atoms. The van der Waals surface area contributed by atoms with Crippen molar-refractivity contribution in [2.24, 2.45) is 11.8 Å². The molecule has 8 heteroatoms. The summed E-state index contributed by atoms with van der Waals surface area (Å²) in [5.41, 5.74) is 6.05. The topological polar surface area (TPSA) is 113 Å². The van der Waals surface area contributed by atoms with E-state index in [4.69, 9.17) is 5.73 Å². The number of aromatic nitrogens is 2. The highest BCUT2D eigenvalue weighted by Gasteiger charge is 2.42. The maximum Gasteiger partial charge on any atom is 0.330 e. The van der Waals surface area contributed by atoms with E-state index < -0.39 is 11.2 Å². The quantitative estimate of drug-likeness (QED) is 0.613. The molecule has 0 spiro atoms. The summed E-state index contributed by atoms with van der Waals surface area (Å²) in [4.78, 5) is 41.2. The summed E-state index contributed by atoms with van der Waals surface area (Å²) in [5.74, 6) is 1.12. The summed E-state index contributed by atoms with van der Waals surface area (Å²) in [5, 5.41) is 3.14. The molecular weight excluding hydrogens is 370 g/mol. The number of rotatable bonds is 8. The van der Waals surface area contributed by atoms with E-state index in [0.717, 1.165) is 5.56 Å². The molecule has 1 aromatic carbocycles. The molecule has 1 amide bonds. The number of likely N-dealkylation sites (N-methyl/N-ethyl adjacent to an activating group) is 1. The smallest absolute Gasteiger partial charge is 0.330 e. The van der Waals surface area contributed by atoms with Gasteiger partial charge in [-0.1, -0.05) is 30.3 Å². The Morgan fingerprint density at radius 3 is 2.41 bits per heavy atom. The number of nitrogens with zero attached hydrogens (tertiary/aromatic N) is 2. The molecule has 1 aromatic heterocycles. The van der Waals surface area contributed by atoms with Gasteiger partial charge in [-0.15, -0.1) is 0 Å². The van der Waals surface area contributed by atoms with Crippen molar-refractivity contribution in [3.8, 4) is 0 Å². The molecule has 2 aliphatic rings. The van der Waals surface area contributed by atoms with Crippen molar-refractivity contribution in [1.82, 2.24) is 14.9 Å². The molecule has 0 unspecified atom stereocenters. The van der Waals surface area contributed by atoms with E-state index in [1.807, 2.05) is 30.3 Å². The molecule has 0 saturated heterocycles. The average molecular weight is 397 g/mol. The monoisotopic (exact) mass is 397 g/mol. The van der Waals surface area contributed by atoms with E-state index in [9.17, 15) is 14.4 Å². The van der Waals surface area contributed by atoms with Crippen molar-refractivity contribution in [1.29, 1.82) is 0 Å². The van der Waals surface area contributed by atoms with Crippen LogP contribution in [-0.4, -0.2) is 35.1 Å².